The zero-order valence-electron chi connectivity index (χ0n) is 10.2. The predicted molar refractivity (Wildman–Crippen MR) is 76.1 cm³/mol. The number of carbonyl (C=O) groups is 1. The Hall–Kier alpha value is -1.84. The molecule has 0 aromatic heterocycles. The van der Waals surface area contributed by atoms with Crippen LogP contribution < -0.4 is 10.6 Å². The lowest BCUT2D eigenvalue weighted by molar-refractivity contribution is -0.126. The Balaban J connectivity index is 1.96. The number of β-lactam (4-membered cyclic amide) rings is 1. The van der Waals surface area contributed by atoms with E-state index in [9.17, 15) is 4.79 Å². The standard InChI is InChI=1S/C15H13ClN2O/c16-11-6-8-12(9-7-11)18-14(13(17)15(18)19)10-4-2-1-3-5-10/h1-9,13-14H,17H2/t13-,14+/m1/s1. The second-order valence-corrected chi connectivity index (χ2v) is 5.00. The fourth-order valence-corrected chi connectivity index (χ4v) is 2.53. The summed E-state index contributed by atoms with van der Waals surface area (Å²) in [5.74, 6) is -0.0591. The van der Waals surface area contributed by atoms with Crippen LogP contribution in [-0.2, 0) is 4.79 Å². The molecule has 4 heteroatoms. The number of halogens is 1. The van der Waals surface area contributed by atoms with Gasteiger partial charge in [-0.1, -0.05) is 41.9 Å². The first kappa shape index (κ1) is 12.2. The van der Waals surface area contributed by atoms with E-state index >= 15 is 0 Å². The van der Waals surface area contributed by atoms with Crippen molar-refractivity contribution in [3.05, 3.63) is 65.2 Å². The highest BCUT2D eigenvalue weighted by Crippen LogP contribution is 2.38. The zero-order chi connectivity index (χ0) is 13.4. The smallest absolute Gasteiger partial charge is 0.247 e. The molecular weight excluding hydrogens is 260 g/mol. The molecule has 1 amide bonds. The predicted octanol–water partition coefficient (Wildman–Crippen LogP) is 2.76. The van der Waals surface area contributed by atoms with Gasteiger partial charge in [-0.05, 0) is 29.8 Å². The number of nitrogens with zero attached hydrogens (tertiary/aromatic N) is 1. The second-order valence-electron chi connectivity index (χ2n) is 4.57. The summed E-state index contributed by atoms with van der Waals surface area (Å²) < 4.78 is 0. The van der Waals surface area contributed by atoms with Gasteiger partial charge in [-0.3, -0.25) is 4.79 Å². The van der Waals surface area contributed by atoms with Gasteiger partial charge in [0.1, 0.15) is 6.04 Å². The second kappa shape index (κ2) is 4.68. The van der Waals surface area contributed by atoms with E-state index in [1.807, 2.05) is 42.5 Å². The van der Waals surface area contributed by atoms with Crippen LogP contribution in [0.25, 0.3) is 0 Å². The average Bonchev–Trinajstić information content (AvgIpc) is 2.46. The summed E-state index contributed by atoms with van der Waals surface area (Å²) in [5, 5.41) is 0.650. The summed E-state index contributed by atoms with van der Waals surface area (Å²) in [7, 11) is 0. The fourth-order valence-electron chi connectivity index (χ4n) is 2.41. The number of hydrogen-bond donors (Lipinski definition) is 1. The van der Waals surface area contributed by atoms with Crippen molar-refractivity contribution in [3.8, 4) is 0 Å². The van der Waals surface area contributed by atoms with Crippen LogP contribution in [0.1, 0.15) is 11.6 Å². The molecule has 96 valence electrons. The molecule has 0 spiro atoms. The largest absolute Gasteiger partial charge is 0.318 e. The third kappa shape index (κ3) is 2.01. The van der Waals surface area contributed by atoms with Gasteiger partial charge in [0.15, 0.2) is 0 Å². The van der Waals surface area contributed by atoms with Crippen LogP contribution in [0, 0.1) is 0 Å². The summed E-state index contributed by atoms with van der Waals surface area (Å²) in [6, 6.07) is 16.5. The van der Waals surface area contributed by atoms with Crippen molar-refractivity contribution in [2.45, 2.75) is 12.1 Å². The van der Waals surface area contributed by atoms with E-state index < -0.39 is 6.04 Å². The Morgan fingerprint density at radius 2 is 1.63 bits per heavy atom. The molecule has 1 aliphatic rings. The molecule has 1 aliphatic heterocycles. The molecule has 2 N–H and O–H groups in total. The zero-order valence-corrected chi connectivity index (χ0v) is 10.9. The lowest BCUT2D eigenvalue weighted by Crippen LogP contribution is -2.63. The highest BCUT2D eigenvalue weighted by atomic mass is 35.5. The first-order valence-electron chi connectivity index (χ1n) is 6.07. The van der Waals surface area contributed by atoms with Gasteiger partial charge < -0.3 is 10.6 Å². The Morgan fingerprint density at radius 1 is 1.00 bits per heavy atom. The molecule has 2 aromatic rings. The SMILES string of the molecule is N[C@H]1C(=O)N(c2ccc(Cl)cc2)[C@H]1c1ccccc1. The first-order valence-corrected chi connectivity index (χ1v) is 6.45. The van der Waals surface area contributed by atoms with E-state index in [2.05, 4.69) is 0 Å². The molecule has 0 saturated carbocycles. The fraction of sp³-hybridized carbons (Fsp3) is 0.133. The van der Waals surface area contributed by atoms with Crippen LogP contribution in [0.3, 0.4) is 0 Å². The number of carbonyl (C=O) groups excluding carboxylic acids is 1. The molecule has 1 heterocycles. The van der Waals surface area contributed by atoms with Gasteiger partial charge in [-0.2, -0.15) is 0 Å². The van der Waals surface area contributed by atoms with Crippen molar-refractivity contribution < 1.29 is 4.79 Å². The van der Waals surface area contributed by atoms with Crippen molar-refractivity contribution in [2.24, 2.45) is 5.73 Å². The Labute approximate surface area is 116 Å². The lowest BCUT2D eigenvalue weighted by atomic mass is 9.88. The number of amides is 1. The number of rotatable bonds is 2. The van der Waals surface area contributed by atoms with Crippen molar-refractivity contribution in [1.29, 1.82) is 0 Å². The van der Waals surface area contributed by atoms with Crippen molar-refractivity contribution in [1.82, 2.24) is 0 Å². The Kier molecular flexibility index (Phi) is 3.01. The van der Waals surface area contributed by atoms with Crippen molar-refractivity contribution >= 4 is 23.2 Å². The third-order valence-electron chi connectivity index (χ3n) is 3.39. The molecule has 0 bridgehead atoms. The highest BCUT2D eigenvalue weighted by Gasteiger charge is 2.46. The van der Waals surface area contributed by atoms with Gasteiger partial charge in [0.05, 0.1) is 6.04 Å². The summed E-state index contributed by atoms with van der Waals surface area (Å²) in [5.41, 5.74) is 7.81. The van der Waals surface area contributed by atoms with Crippen LogP contribution in [-0.4, -0.2) is 11.9 Å². The minimum Gasteiger partial charge on any atom is -0.318 e. The number of anilines is 1. The highest BCUT2D eigenvalue weighted by molar-refractivity contribution is 6.30. The van der Waals surface area contributed by atoms with E-state index in [1.165, 1.54) is 0 Å². The molecule has 0 aliphatic carbocycles. The molecule has 2 aromatic carbocycles. The normalized spacial score (nSPS) is 22.2. The number of nitrogens with two attached hydrogens (primary N) is 1. The summed E-state index contributed by atoms with van der Waals surface area (Å²) in [6.07, 6.45) is 0. The molecule has 0 radical (unpaired) electrons. The van der Waals surface area contributed by atoms with Crippen LogP contribution in [0.5, 0.6) is 0 Å². The van der Waals surface area contributed by atoms with Gasteiger partial charge >= 0.3 is 0 Å². The molecule has 1 saturated heterocycles. The molecule has 0 unspecified atom stereocenters. The van der Waals surface area contributed by atoms with Gasteiger partial charge in [0, 0.05) is 10.7 Å². The molecule has 3 nitrogen and oxygen atoms in total. The third-order valence-corrected chi connectivity index (χ3v) is 3.64. The maximum atomic E-state index is 12.0. The maximum Gasteiger partial charge on any atom is 0.247 e. The lowest BCUT2D eigenvalue weighted by Gasteiger charge is -2.45. The molecule has 1 fully saturated rings. The van der Waals surface area contributed by atoms with E-state index in [4.69, 9.17) is 17.3 Å². The quantitative estimate of drug-likeness (QED) is 0.855. The van der Waals surface area contributed by atoms with Gasteiger partial charge in [0.25, 0.3) is 0 Å². The summed E-state index contributed by atoms with van der Waals surface area (Å²) >= 11 is 5.87. The van der Waals surface area contributed by atoms with Crippen molar-refractivity contribution in [2.75, 3.05) is 4.90 Å². The van der Waals surface area contributed by atoms with Crippen LogP contribution >= 0.6 is 11.6 Å². The Bertz CT molecular complexity index is 597. The van der Waals surface area contributed by atoms with Crippen molar-refractivity contribution in [3.63, 3.8) is 0 Å². The van der Waals surface area contributed by atoms with E-state index in [-0.39, 0.29) is 11.9 Å². The van der Waals surface area contributed by atoms with Crippen LogP contribution in [0.2, 0.25) is 5.02 Å². The van der Waals surface area contributed by atoms with E-state index in [0.29, 0.717) is 5.02 Å². The average molecular weight is 273 g/mol. The molecule has 3 rings (SSSR count). The number of benzene rings is 2. The van der Waals surface area contributed by atoms with Crippen LogP contribution in [0.15, 0.2) is 54.6 Å². The maximum absolute atomic E-state index is 12.0. The summed E-state index contributed by atoms with van der Waals surface area (Å²) in [4.78, 5) is 13.7. The monoisotopic (exact) mass is 272 g/mol. The van der Waals surface area contributed by atoms with Gasteiger partial charge in [-0.15, -0.1) is 0 Å². The molecular formula is C15H13ClN2O. The first-order chi connectivity index (χ1) is 9.18. The molecule has 19 heavy (non-hydrogen) atoms. The topological polar surface area (TPSA) is 46.3 Å². The number of hydrogen-bond acceptors (Lipinski definition) is 2. The minimum absolute atomic E-state index is 0.0591. The van der Waals surface area contributed by atoms with Gasteiger partial charge in [-0.25, -0.2) is 0 Å². The molecule has 2 atom stereocenters. The van der Waals surface area contributed by atoms with E-state index in [0.717, 1.165) is 11.3 Å². The Morgan fingerprint density at radius 3 is 2.26 bits per heavy atom. The summed E-state index contributed by atoms with van der Waals surface area (Å²) in [6.45, 7) is 0. The van der Waals surface area contributed by atoms with Crippen LogP contribution in [0.4, 0.5) is 5.69 Å². The minimum atomic E-state index is -0.474. The van der Waals surface area contributed by atoms with Gasteiger partial charge in [0.2, 0.25) is 5.91 Å². The van der Waals surface area contributed by atoms with E-state index in [1.54, 1.807) is 17.0 Å².